The quantitative estimate of drug-likeness (QED) is 0.883. The second-order valence-electron chi connectivity index (χ2n) is 7.55. The molecular formula is C18H25NO6. The number of carboxylic acid groups (broad SMARTS) is 1. The zero-order chi connectivity index (χ0) is 19.4. The molecule has 1 N–H and O–H groups in total. The molecule has 0 aliphatic heterocycles. The number of ether oxygens (including phenoxy) is 2. The molecule has 1 aromatic rings. The second kappa shape index (κ2) is 7.55. The van der Waals surface area contributed by atoms with Crippen molar-refractivity contribution >= 4 is 18.2 Å². The predicted molar refractivity (Wildman–Crippen MR) is 91.4 cm³/mol. The van der Waals surface area contributed by atoms with Gasteiger partial charge in [0.2, 0.25) is 0 Å². The third kappa shape index (κ3) is 7.24. The van der Waals surface area contributed by atoms with Crippen LogP contribution < -0.4 is 0 Å². The van der Waals surface area contributed by atoms with E-state index < -0.39 is 29.4 Å². The van der Waals surface area contributed by atoms with Gasteiger partial charge in [-0.15, -0.1) is 0 Å². The number of hydrogen-bond donors (Lipinski definition) is 1. The van der Waals surface area contributed by atoms with Crippen molar-refractivity contribution in [3.05, 3.63) is 35.4 Å². The summed E-state index contributed by atoms with van der Waals surface area (Å²) in [6.07, 6.45) is -1.66. The molecule has 1 rings (SSSR count). The third-order valence-electron chi connectivity index (χ3n) is 2.77. The zero-order valence-electron chi connectivity index (χ0n) is 15.5. The van der Waals surface area contributed by atoms with Crippen LogP contribution in [0.5, 0.6) is 0 Å². The normalized spacial score (nSPS) is 11.6. The summed E-state index contributed by atoms with van der Waals surface area (Å²) in [5.41, 5.74) is -0.860. The smallest absolute Gasteiger partial charge is 0.420 e. The van der Waals surface area contributed by atoms with Crippen LogP contribution in [0.25, 0.3) is 0 Å². The highest BCUT2D eigenvalue weighted by Gasteiger charge is 2.31. The van der Waals surface area contributed by atoms with Crippen LogP contribution in [0.3, 0.4) is 0 Å². The summed E-state index contributed by atoms with van der Waals surface area (Å²) in [6, 6.07) is 5.87. The summed E-state index contributed by atoms with van der Waals surface area (Å²) in [4.78, 5) is 36.5. The van der Waals surface area contributed by atoms with E-state index in [0.29, 0.717) is 5.56 Å². The largest absolute Gasteiger partial charge is 0.478 e. The van der Waals surface area contributed by atoms with Gasteiger partial charge in [0, 0.05) is 0 Å². The maximum atomic E-state index is 12.4. The molecule has 0 radical (unpaired) electrons. The fourth-order valence-corrected chi connectivity index (χ4v) is 1.77. The number of hydrogen-bond acceptors (Lipinski definition) is 5. The lowest BCUT2D eigenvalue weighted by molar-refractivity contribution is -0.000289. The molecule has 0 unspecified atom stereocenters. The number of carboxylic acids is 1. The van der Waals surface area contributed by atoms with Crippen molar-refractivity contribution in [3.8, 4) is 0 Å². The van der Waals surface area contributed by atoms with E-state index in [0.717, 1.165) is 4.90 Å². The van der Waals surface area contributed by atoms with Crippen molar-refractivity contribution in [2.75, 3.05) is 0 Å². The number of imide groups is 1. The maximum absolute atomic E-state index is 12.4. The Labute approximate surface area is 147 Å². The van der Waals surface area contributed by atoms with Crippen LogP contribution in [0, 0.1) is 0 Å². The van der Waals surface area contributed by atoms with Gasteiger partial charge in [0.05, 0.1) is 12.1 Å². The summed E-state index contributed by atoms with van der Waals surface area (Å²) in [5, 5.41) is 8.93. The molecule has 7 heteroatoms. The van der Waals surface area contributed by atoms with Gasteiger partial charge in [-0.05, 0) is 59.2 Å². The number of benzene rings is 1. The molecule has 0 aromatic heterocycles. The first kappa shape index (κ1) is 20.5. The number of aromatic carboxylic acids is 1. The molecule has 0 saturated carbocycles. The Kier molecular flexibility index (Phi) is 6.18. The molecule has 0 fully saturated rings. The minimum absolute atomic E-state index is 0.0935. The molecule has 0 heterocycles. The van der Waals surface area contributed by atoms with E-state index in [1.54, 1.807) is 41.5 Å². The predicted octanol–water partition coefficient (Wildman–Crippen LogP) is 4.06. The SMILES string of the molecule is CC(C)(C)OC(=O)N(Cc1ccc(C(=O)O)cc1)C(=O)OC(C)(C)C. The Bertz CT molecular complexity index is 609. The molecule has 25 heavy (non-hydrogen) atoms. The van der Waals surface area contributed by atoms with Gasteiger partial charge in [0.25, 0.3) is 0 Å². The van der Waals surface area contributed by atoms with Gasteiger partial charge < -0.3 is 14.6 Å². The van der Waals surface area contributed by atoms with E-state index in [-0.39, 0.29) is 12.1 Å². The summed E-state index contributed by atoms with van der Waals surface area (Å²) in [7, 11) is 0. The second-order valence-corrected chi connectivity index (χ2v) is 7.55. The Morgan fingerprint density at radius 2 is 1.28 bits per heavy atom. The first-order valence-corrected chi connectivity index (χ1v) is 7.84. The average molecular weight is 351 g/mol. The van der Waals surface area contributed by atoms with Gasteiger partial charge in [0.15, 0.2) is 0 Å². The molecule has 138 valence electrons. The Hall–Kier alpha value is -2.57. The summed E-state index contributed by atoms with van der Waals surface area (Å²) >= 11 is 0. The highest BCUT2D eigenvalue weighted by Crippen LogP contribution is 2.17. The summed E-state index contributed by atoms with van der Waals surface area (Å²) < 4.78 is 10.5. The van der Waals surface area contributed by atoms with Gasteiger partial charge in [-0.2, -0.15) is 0 Å². The first-order valence-electron chi connectivity index (χ1n) is 7.84. The van der Waals surface area contributed by atoms with Crippen LogP contribution in [0.15, 0.2) is 24.3 Å². The Morgan fingerprint density at radius 3 is 1.60 bits per heavy atom. The van der Waals surface area contributed by atoms with Crippen molar-refractivity contribution < 1.29 is 29.0 Å². The standard InChI is InChI=1S/C18H25NO6/c1-17(2,3)24-15(22)19(16(23)25-18(4,5)6)11-12-7-9-13(10-8-12)14(20)21/h7-10H,11H2,1-6H3,(H,20,21). The minimum atomic E-state index is -1.05. The Balaban J connectivity index is 3.02. The van der Waals surface area contributed by atoms with Crippen molar-refractivity contribution in [1.29, 1.82) is 0 Å². The number of rotatable bonds is 3. The molecule has 0 spiro atoms. The Morgan fingerprint density at radius 1 is 0.880 bits per heavy atom. The number of carbonyl (C=O) groups is 3. The monoisotopic (exact) mass is 351 g/mol. The third-order valence-corrected chi connectivity index (χ3v) is 2.77. The van der Waals surface area contributed by atoms with E-state index in [4.69, 9.17) is 14.6 Å². The summed E-state index contributed by atoms with van der Waals surface area (Å²) in [6.45, 7) is 10.1. The number of nitrogens with zero attached hydrogens (tertiary/aromatic N) is 1. The van der Waals surface area contributed by atoms with Gasteiger partial charge in [-0.1, -0.05) is 12.1 Å². The van der Waals surface area contributed by atoms with Crippen LogP contribution in [0.4, 0.5) is 9.59 Å². The lowest BCUT2D eigenvalue weighted by atomic mass is 10.1. The van der Waals surface area contributed by atoms with Crippen molar-refractivity contribution in [2.24, 2.45) is 0 Å². The van der Waals surface area contributed by atoms with Crippen LogP contribution >= 0.6 is 0 Å². The fraction of sp³-hybridized carbons (Fsp3) is 0.500. The van der Waals surface area contributed by atoms with E-state index in [9.17, 15) is 14.4 Å². The van der Waals surface area contributed by atoms with E-state index >= 15 is 0 Å². The molecule has 0 atom stereocenters. The van der Waals surface area contributed by atoms with Crippen molar-refractivity contribution in [2.45, 2.75) is 59.3 Å². The van der Waals surface area contributed by atoms with E-state index in [1.807, 2.05) is 0 Å². The van der Waals surface area contributed by atoms with Gasteiger partial charge >= 0.3 is 18.2 Å². The van der Waals surface area contributed by atoms with Crippen LogP contribution in [0.2, 0.25) is 0 Å². The zero-order valence-corrected chi connectivity index (χ0v) is 15.5. The highest BCUT2D eigenvalue weighted by molar-refractivity contribution is 5.88. The van der Waals surface area contributed by atoms with E-state index in [1.165, 1.54) is 24.3 Å². The maximum Gasteiger partial charge on any atom is 0.420 e. The topological polar surface area (TPSA) is 93.1 Å². The molecule has 0 saturated heterocycles. The van der Waals surface area contributed by atoms with Crippen molar-refractivity contribution in [3.63, 3.8) is 0 Å². The van der Waals surface area contributed by atoms with Crippen LogP contribution in [-0.2, 0) is 16.0 Å². The highest BCUT2D eigenvalue weighted by atomic mass is 16.6. The van der Waals surface area contributed by atoms with Crippen LogP contribution in [0.1, 0.15) is 57.5 Å². The minimum Gasteiger partial charge on any atom is -0.478 e. The first-order chi connectivity index (χ1) is 11.3. The lowest BCUT2D eigenvalue weighted by Crippen LogP contribution is -2.43. The molecule has 0 bridgehead atoms. The molecule has 2 amide bonds. The number of amides is 2. The molecule has 0 aliphatic carbocycles. The molecular weight excluding hydrogens is 326 g/mol. The molecule has 7 nitrogen and oxygen atoms in total. The number of carbonyl (C=O) groups excluding carboxylic acids is 2. The van der Waals surface area contributed by atoms with Crippen molar-refractivity contribution in [1.82, 2.24) is 4.90 Å². The summed E-state index contributed by atoms with van der Waals surface area (Å²) in [5.74, 6) is -1.05. The lowest BCUT2D eigenvalue weighted by Gasteiger charge is -2.28. The fourth-order valence-electron chi connectivity index (χ4n) is 1.77. The van der Waals surface area contributed by atoms with Gasteiger partial charge in [-0.25, -0.2) is 19.3 Å². The molecule has 0 aliphatic rings. The van der Waals surface area contributed by atoms with E-state index in [2.05, 4.69) is 0 Å². The van der Waals surface area contributed by atoms with Gasteiger partial charge in [-0.3, -0.25) is 0 Å². The van der Waals surface area contributed by atoms with Gasteiger partial charge in [0.1, 0.15) is 11.2 Å². The van der Waals surface area contributed by atoms with Crippen LogP contribution in [-0.4, -0.2) is 39.4 Å². The molecule has 1 aromatic carbocycles. The average Bonchev–Trinajstić information content (AvgIpc) is 2.41.